The Balaban J connectivity index is 2.76. The predicted molar refractivity (Wildman–Crippen MR) is 58.1 cm³/mol. The molecule has 1 rings (SSSR count). The highest BCUT2D eigenvalue weighted by atomic mass is 16.7. The van der Waals surface area contributed by atoms with E-state index in [4.69, 9.17) is 18.9 Å². The Hall–Kier alpha value is -0.200. The number of hydrogen-bond acceptors (Lipinski definition) is 5. The summed E-state index contributed by atoms with van der Waals surface area (Å²) in [7, 11) is 4.81. The van der Waals surface area contributed by atoms with Crippen molar-refractivity contribution in [2.45, 2.75) is 25.4 Å². The van der Waals surface area contributed by atoms with Crippen LogP contribution >= 0.6 is 0 Å². The van der Waals surface area contributed by atoms with Crippen molar-refractivity contribution in [1.29, 1.82) is 0 Å². The number of aliphatic hydroxyl groups excluding tert-OH is 1. The molecule has 1 heterocycles. The highest BCUT2D eigenvalue weighted by molar-refractivity contribution is 4.87. The Labute approximate surface area is 96.6 Å². The quantitative estimate of drug-likeness (QED) is 0.739. The molecule has 0 amide bonds. The van der Waals surface area contributed by atoms with Gasteiger partial charge in [0, 0.05) is 33.9 Å². The molecule has 0 aromatic rings. The second-order valence-electron chi connectivity index (χ2n) is 4.14. The van der Waals surface area contributed by atoms with Crippen LogP contribution < -0.4 is 0 Å². The molecule has 0 aromatic heterocycles. The highest BCUT2D eigenvalue weighted by Crippen LogP contribution is 2.32. The Morgan fingerprint density at radius 3 is 2.31 bits per heavy atom. The Morgan fingerprint density at radius 2 is 1.88 bits per heavy atom. The van der Waals surface area contributed by atoms with E-state index < -0.39 is 6.29 Å². The van der Waals surface area contributed by atoms with Gasteiger partial charge in [-0.25, -0.2) is 0 Å². The highest BCUT2D eigenvalue weighted by Gasteiger charge is 2.43. The van der Waals surface area contributed by atoms with Crippen LogP contribution in [0.15, 0.2) is 0 Å². The zero-order chi connectivity index (χ0) is 12.1. The van der Waals surface area contributed by atoms with Gasteiger partial charge in [0.15, 0.2) is 6.29 Å². The van der Waals surface area contributed by atoms with Crippen molar-refractivity contribution in [3.63, 3.8) is 0 Å². The summed E-state index contributed by atoms with van der Waals surface area (Å²) >= 11 is 0. The lowest BCUT2D eigenvalue weighted by molar-refractivity contribution is -0.278. The molecule has 96 valence electrons. The molecule has 5 heteroatoms. The predicted octanol–water partition coefficient (Wildman–Crippen LogP) is 0.264. The van der Waals surface area contributed by atoms with Gasteiger partial charge < -0.3 is 24.1 Å². The van der Waals surface area contributed by atoms with Gasteiger partial charge in [0.25, 0.3) is 0 Å². The number of aliphatic hydroxyl groups is 1. The molecule has 1 saturated heterocycles. The van der Waals surface area contributed by atoms with Crippen LogP contribution in [0.2, 0.25) is 0 Å². The summed E-state index contributed by atoms with van der Waals surface area (Å²) in [5.74, 6) is 0.171. The van der Waals surface area contributed by atoms with E-state index in [9.17, 15) is 5.11 Å². The van der Waals surface area contributed by atoms with Crippen LogP contribution in [-0.4, -0.2) is 58.1 Å². The molecule has 16 heavy (non-hydrogen) atoms. The smallest absolute Gasteiger partial charge is 0.184 e. The Morgan fingerprint density at radius 1 is 1.19 bits per heavy atom. The minimum atomic E-state index is -0.446. The maximum Gasteiger partial charge on any atom is 0.184 e. The van der Waals surface area contributed by atoms with Crippen LogP contribution in [0.3, 0.4) is 0 Å². The van der Waals surface area contributed by atoms with Crippen LogP contribution in [0.5, 0.6) is 0 Å². The van der Waals surface area contributed by atoms with Gasteiger partial charge in [-0.05, 0) is 5.92 Å². The van der Waals surface area contributed by atoms with Crippen LogP contribution in [-0.2, 0) is 18.9 Å². The summed E-state index contributed by atoms with van der Waals surface area (Å²) < 4.78 is 21.4. The fourth-order valence-corrected chi connectivity index (χ4v) is 2.25. The molecule has 0 aliphatic carbocycles. The molecule has 5 atom stereocenters. The van der Waals surface area contributed by atoms with Gasteiger partial charge in [0.05, 0.1) is 12.7 Å². The summed E-state index contributed by atoms with van der Waals surface area (Å²) in [6.45, 7) is 2.58. The molecule has 4 unspecified atom stereocenters. The van der Waals surface area contributed by atoms with E-state index in [1.807, 2.05) is 6.92 Å². The van der Waals surface area contributed by atoms with Crippen molar-refractivity contribution < 1.29 is 24.1 Å². The first-order valence-electron chi connectivity index (χ1n) is 5.50. The summed E-state index contributed by atoms with van der Waals surface area (Å²) in [5, 5.41) is 9.43. The molecular weight excluding hydrogens is 212 g/mol. The molecule has 0 saturated carbocycles. The Kier molecular flexibility index (Phi) is 5.64. The minimum Gasteiger partial charge on any atom is -0.396 e. The standard InChI is InChI=1S/C11H22O5/c1-7-8(5-12)10(14-3)11(15-4)16-9(7)6-13-2/h7-12H,5-6H2,1-4H3/t7-,8?,9?,10?,11?/m0/s1. The van der Waals surface area contributed by atoms with Crippen LogP contribution in [0.4, 0.5) is 0 Å². The zero-order valence-electron chi connectivity index (χ0n) is 10.4. The fraction of sp³-hybridized carbons (Fsp3) is 1.00. The van der Waals surface area contributed by atoms with Crippen LogP contribution in [0.1, 0.15) is 6.92 Å². The van der Waals surface area contributed by atoms with E-state index in [1.165, 1.54) is 0 Å². The first-order valence-corrected chi connectivity index (χ1v) is 5.50. The molecule has 0 spiro atoms. The van der Waals surface area contributed by atoms with Crippen molar-refractivity contribution in [3.8, 4) is 0 Å². The largest absolute Gasteiger partial charge is 0.396 e. The van der Waals surface area contributed by atoms with Crippen molar-refractivity contribution in [2.24, 2.45) is 11.8 Å². The first kappa shape index (κ1) is 13.9. The molecule has 5 nitrogen and oxygen atoms in total. The third kappa shape index (κ3) is 2.73. The van der Waals surface area contributed by atoms with Gasteiger partial charge >= 0.3 is 0 Å². The molecule has 0 radical (unpaired) electrons. The van der Waals surface area contributed by atoms with Crippen LogP contribution in [0.25, 0.3) is 0 Å². The third-order valence-electron chi connectivity index (χ3n) is 3.31. The van der Waals surface area contributed by atoms with Crippen molar-refractivity contribution >= 4 is 0 Å². The van der Waals surface area contributed by atoms with E-state index in [-0.39, 0.29) is 30.7 Å². The number of hydrogen-bond donors (Lipinski definition) is 1. The second-order valence-corrected chi connectivity index (χ2v) is 4.14. The monoisotopic (exact) mass is 234 g/mol. The lowest BCUT2D eigenvalue weighted by atomic mass is 9.82. The van der Waals surface area contributed by atoms with Gasteiger partial charge in [-0.1, -0.05) is 6.92 Å². The van der Waals surface area contributed by atoms with Gasteiger partial charge in [-0.15, -0.1) is 0 Å². The summed E-state index contributed by atoms with van der Waals surface area (Å²) in [4.78, 5) is 0. The average molecular weight is 234 g/mol. The Bertz CT molecular complexity index is 199. The first-order chi connectivity index (χ1) is 7.69. The average Bonchev–Trinajstić information content (AvgIpc) is 2.31. The summed E-state index contributed by atoms with van der Waals surface area (Å²) in [5.41, 5.74) is 0. The number of methoxy groups -OCH3 is 3. The maximum absolute atomic E-state index is 9.43. The molecule has 1 aliphatic rings. The van der Waals surface area contributed by atoms with Gasteiger partial charge in [-0.2, -0.15) is 0 Å². The molecule has 1 aliphatic heterocycles. The third-order valence-corrected chi connectivity index (χ3v) is 3.31. The van der Waals surface area contributed by atoms with Crippen molar-refractivity contribution in [2.75, 3.05) is 34.5 Å². The topological polar surface area (TPSA) is 57.2 Å². The van der Waals surface area contributed by atoms with Gasteiger partial charge in [0.2, 0.25) is 0 Å². The lowest BCUT2D eigenvalue weighted by Crippen LogP contribution is -2.54. The van der Waals surface area contributed by atoms with E-state index in [2.05, 4.69) is 0 Å². The van der Waals surface area contributed by atoms with Crippen molar-refractivity contribution in [1.82, 2.24) is 0 Å². The normalized spacial score (nSPS) is 39.9. The molecule has 0 bridgehead atoms. The SMILES string of the molecule is COCC1OC(OC)C(OC)C(CO)[C@@H]1C. The van der Waals surface area contributed by atoms with Gasteiger partial charge in [-0.3, -0.25) is 0 Å². The molecular formula is C11H22O5. The lowest BCUT2D eigenvalue weighted by Gasteiger charge is -2.43. The van der Waals surface area contributed by atoms with E-state index in [0.29, 0.717) is 6.61 Å². The van der Waals surface area contributed by atoms with Crippen molar-refractivity contribution in [3.05, 3.63) is 0 Å². The molecule has 1 fully saturated rings. The second kappa shape index (κ2) is 6.51. The number of ether oxygens (including phenoxy) is 4. The molecule has 0 aromatic carbocycles. The molecule has 1 N–H and O–H groups in total. The minimum absolute atomic E-state index is 0.00356. The van der Waals surface area contributed by atoms with Gasteiger partial charge in [0.1, 0.15) is 6.10 Å². The van der Waals surface area contributed by atoms with E-state index >= 15 is 0 Å². The summed E-state index contributed by atoms with van der Waals surface area (Å²) in [6.07, 6.45) is -0.755. The summed E-state index contributed by atoms with van der Waals surface area (Å²) in [6, 6.07) is 0. The fourth-order valence-electron chi connectivity index (χ4n) is 2.25. The van der Waals surface area contributed by atoms with E-state index in [0.717, 1.165) is 0 Å². The van der Waals surface area contributed by atoms with E-state index in [1.54, 1.807) is 21.3 Å². The van der Waals surface area contributed by atoms with Crippen LogP contribution in [0, 0.1) is 11.8 Å². The zero-order valence-corrected chi connectivity index (χ0v) is 10.4. The maximum atomic E-state index is 9.43. The number of rotatable bonds is 5.